The van der Waals surface area contributed by atoms with Crippen molar-refractivity contribution in [2.45, 2.75) is 12.6 Å². The molecule has 3 aromatic rings. The van der Waals surface area contributed by atoms with Crippen molar-refractivity contribution in [3.63, 3.8) is 0 Å². The van der Waals surface area contributed by atoms with E-state index in [1.807, 2.05) is 48.5 Å². The molecular formula is C24H20Cl3N3. The van der Waals surface area contributed by atoms with Crippen molar-refractivity contribution in [3.05, 3.63) is 104 Å². The molecule has 1 atom stereocenters. The van der Waals surface area contributed by atoms with Gasteiger partial charge in [-0.1, -0.05) is 71.2 Å². The topological polar surface area (TPSA) is 10.8 Å². The fourth-order valence-electron chi connectivity index (χ4n) is 3.89. The minimum absolute atomic E-state index is 0.136. The van der Waals surface area contributed by atoms with E-state index in [4.69, 9.17) is 41.4 Å². The molecule has 3 aromatic carbocycles. The van der Waals surface area contributed by atoms with E-state index in [0.29, 0.717) is 15.7 Å². The average molecular weight is 457 g/mol. The Hall–Kier alpha value is -2.22. The molecule has 0 saturated carbocycles. The summed E-state index contributed by atoms with van der Waals surface area (Å²) >= 11 is 18.8. The molecule has 0 aliphatic carbocycles. The minimum atomic E-state index is 0.136. The van der Waals surface area contributed by atoms with Crippen molar-refractivity contribution in [3.8, 4) is 0 Å². The van der Waals surface area contributed by atoms with Crippen molar-refractivity contribution in [1.29, 1.82) is 0 Å². The van der Waals surface area contributed by atoms with Gasteiger partial charge < -0.3 is 4.90 Å². The predicted octanol–water partition coefficient (Wildman–Crippen LogP) is 7.26. The first-order valence-corrected chi connectivity index (χ1v) is 10.8. The van der Waals surface area contributed by atoms with Gasteiger partial charge in [-0.3, -0.25) is 4.90 Å². The number of rotatable bonds is 4. The zero-order valence-corrected chi connectivity index (χ0v) is 18.5. The van der Waals surface area contributed by atoms with Crippen LogP contribution in [0.1, 0.15) is 17.2 Å². The van der Waals surface area contributed by atoms with E-state index >= 15 is 0 Å². The molecule has 0 amide bonds. The van der Waals surface area contributed by atoms with Crippen LogP contribution in [-0.2, 0) is 6.54 Å². The Kier molecular flexibility index (Phi) is 6.51. The van der Waals surface area contributed by atoms with Crippen LogP contribution in [0.4, 0.5) is 11.4 Å². The van der Waals surface area contributed by atoms with Gasteiger partial charge in [-0.2, -0.15) is 0 Å². The standard InChI is InChI=1S/C24H20Cl3N3/c1-28-21-9-2-17(3-10-21)15-29-12-13-30(23-11-8-20(26)14-22(23)27)24(16-29)18-4-6-19(25)7-5-18/h2-11,14,24H,12-13,15-16H2. The third kappa shape index (κ3) is 4.74. The van der Waals surface area contributed by atoms with Crippen LogP contribution in [0.25, 0.3) is 4.85 Å². The molecule has 1 aliphatic rings. The van der Waals surface area contributed by atoms with Crippen molar-refractivity contribution in [2.75, 3.05) is 24.5 Å². The largest absolute Gasteiger partial charge is 0.361 e. The van der Waals surface area contributed by atoms with Gasteiger partial charge in [0.25, 0.3) is 0 Å². The monoisotopic (exact) mass is 455 g/mol. The van der Waals surface area contributed by atoms with Gasteiger partial charge in [-0.05, 0) is 41.5 Å². The summed E-state index contributed by atoms with van der Waals surface area (Å²) in [5.74, 6) is 0. The van der Waals surface area contributed by atoms with E-state index in [1.54, 1.807) is 6.07 Å². The Balaban J connectivity index is 1.60. The van der Waals surface area contributed by atoms with Crippen molar-refractivity contribution < 1.29 is 0 Å². The lowest BCUT2D eigenvalue weighted by Gasteiger charge is -2.43. The average Bonchev–Trinajstić information content (AvgIpc) is 2.75. The van der Waals surface area contributed by atoms with Gasteiger partial charge in [0.2, 0.25) is 0 Å². The Labute approximate surface area is 192 Å². The first-order chi connectivity index (χ1) is 14.5. The number of piperazine rings is 1. The first kappa shape index (κ1) is 21.0. The van der Waals surface area contributed by atoms with Crippen molar-refractivity contribution in [1.82, 2.24) is 4.90 Å². The van der Waals surface area contributed by atoms with E-state index in [2.05, 4.69) is 26.8 Å². The fourth-order valence-corrected chi connectivity index (χ4v) is 4.53. The highest BCUT2D eigenvalue weighted by atomic mass is 35.5. The number of benzene rings is 3. The van der Waals surface area contributed by atoms with Crippen LogP contribution in [0.3, 0.4) is 0 Å². The summed E-state index contributed by atoms with van der Waals surface area (Å²) in [5.41, 5.74) is 4.05. The second kappa shape index (κ2) is 9.29. The molecule has 6 heteroatoms. The van der Waals surface area contributed by atoms with Crippen LogP contribution in [0.5, 0.6) is 0 Å². The Morgan fingerprint density at radius 2 is 1.57 bits per heavy atom. The summed E-state index contributed by atoms with van der Waals surface area (Å²) in [6.45, 7) is 10.6. The lowest BCUT2D eigenvalue weighted by atomic mass is 10.0. The molecule has 152 valence electrons. The molecule has 3 nitrogen and oxygen atoms in total. The lowest BCUT2D eigenvalue weighted by molar-refractivity contribution is 0.215. The smallest absolute Gasteiger partial charge is 0.187 e. The van der Waals surface area contributed by atoms with Gasteiger partial charge in [-0.15, -0.1) is 0 Å². The zero-order valence-electron chi connectivity index (χ0n) is 16.2. The van der Waals surface area contributed by atoms with Crippen LogP contribution in [0.15, 0.2) is 66.7 Å². The van der Waals surface area contributed by atoms with E-state index in [0.717, 1.165) is 36.9 Å². The summed E-state index contributed by atoms with van der Waals surface area (Å²) < 4.78 is 0. The number of nitrogens with zero attached hydrogens (tertiary/aromatic N) is 3. The van der Waals surface area contributed by atoms with Crippen LogP contribution < -0.4 is 4.90 Å². The number of halogens is 3. The highest BCUT2D eigenvalue weighted by Crippen LogP contribution is 2.37. The maximum atomic E-state index is 7.12. The Morgan fingerprint density at radius 3 is 2.23 bits per heavy atom. The first-order valence-electron chi connectivity index (χ1n) is 9.69. The summed E-state index contributed by atoms with van der Waals surface area (Å²) in [7, 11) is 0. The summed E-state index contributed by atoms with van der Waals surface area (Å²) in [5, 5.41) is 2.01. The van der Waals surface area contributed by atoms with Crippen LogP contribution in [0, 0.1) is 6.57 Å². The molecule has 0 aromatic heterocycles. The van der Waals surface area contributed by atoms with Gasteiger partial charge in [0.05, 0.1) is 23.3 Å². The van der Waals surface area contributed by atoms with Gasteiger partial charge >= 0.3 is 0 Å². The lowest BCUT2D eigenvalue weighted by Crippen LogP contribution is -2.48. The molecule has 0 spiro atoms. The molecule has 0 bridgehead atoms. The third-order valence-electron chi connectivity index (χ3n) is 5.41. The molecule has 1 heterocycles. The second-order valence-corrected chi connectivity index (χ2v) is 8.65. The zero-order chi connectivity index (χ0) is 21.1. The minimum Gasteiger partial charge on any atom is -0.361 e. The van der Waals surface area contributed by atoms with E-state index < -0.39 is 0 Å². The van der Waals surface area contributed by atoms with E-state index in [1.165, 1.54) is 11.1 Å². The van der Waals surface area contributed by atoms with Gasteiger partial charge in [0.1, 0.15) is 0 Å². The number of anilines is 1. The molecule has 0 radical (unpaired) electrons. The maximum absolute atomic E-state index is 7.12. The molecule has 4 rings (SSSR count). The van der Waals surface area contributed by atoms with Crippen LogP contribution in [0.2, 0.25) is 15.1 Å². The number of hydrogen-bond donors (Lipinski definition) is 0. The Bertz CT molecular complexity index is 1060. The molecular weight excluding hydrogens is 437 g/mol. The van der Waals surface area contributed by atoms with Crippen LogP contribution in [-0.4, -0.2) is 24.5 Å². The maximum Gasteiger partial charge on any atom is 0.187 e. The molecule has 0 N–H and O–H groups in total. The van der Waals surface area contributed by atoms with E-state index in [-0.39, 0.29) is 6.04 Å². The molecule has 1 aliphatic heterocycles. The SMILES string of the molecule is [C-]#[N+]c1ccc(CN2CCN(c3ccc(Cl)cc3Cl)C(c3ccc(Cl)cc3)C2)cc1. The van der Waals surface area contributed by atoms with Crippen molar-refractivity contribution in [2.24, 2.45) is 0 Å². The van der Waals surface area contributed by atoms with E-state index in [9.17, 15) is 0 Å². The molecule has 30 heavy (non-hydrogen) atoms. The highest BCUT2D eigenvalue weighted by Gasteiger charge is 2.29. The quantitative estimate of drug-likeness (QED) is 0.382. The van der Waals surface area contributed by atoms with Crippen molar-refractivity contribution >= 4 is 46.2 Å². The molecule has 1 fully saturated rings. The predicted molar refractivity (Wildman–Crippen MR) is 126 cm³/mol. The van der Waals surface area contributed by atoms with Gasteiger partial charge in [-0.25, -0.2) is 4.85 Å². The third-order valence-corrected chi connectivity index (χ3v) is 6.20. The van der Waals surface area contributed by atoms with Gasteiger partial charge in [0, 0.05) is 36.2 Å². The number of hydrogen-bond acceptors (Lipinski definition) is 2. The fraction of sp³-hybridized carbons (Fsp3) is 0.208. The normalized spacial score (nSPS) is 17.0. The van der Waals surface area contributed by atoms with Crippen LogP contribution >= 0.6 is 34.8 Å². The Morgan fingerprint density at radius 1 is 0.867 bits per heavy atom. The van der Waals surface area contributed by atoms with Gasteiger partial charge in [0.15, 0.2) is 5.69 Å². The summed E-state index contributed by atoms with van der Waals surface area (Å²) in [6.07, 6.45) is 0. The summed E-state index contributed by atoms with van der Waals surface area (Å²) in [6, 6.07) is 21.7. The molecule has 1 saturated heterocycles. The second-order valence-electron chi connectivity index (χ2n) is 7.37. The summed E-state index contributed by atoms with van der Waals surface area (Å²) in [4.78, 5) is 8.26. The highest BCUT2D eigenvalue weighted by molar-refractivity contribution is 6.36. The molecule has 1 unspecified atom stereocenters.